The molecule has 1 aromatic rings. The summed E-state index contributed by atoms with van der Waals surface area (Å²) < 4.78 is 0. The third-order valence-electron chi connectivity index (χ3n) is 5.57. The minimum Gasteiger partial charge on any atom is -0.396 e. The molecule has 174 valence electrons. The molecule has 1 rings (SSSR count). The van der Waals surface area contributed by atoms with Gasteiger partial charge in [0.2, 0.25) is 17.8 Å². The van der Waals surface area contributed by atoms with Gasteiger partial charge in [-0.1, -0.05) is 51.4 Å². The Morgan fingerprint density at radius 1 is 0.600 bits per heavy atom. The standard InChI is InChI=1S/C23H46N6O/c1-5-28(6-2)22-25-21(26-23(27-22)29(7-3)8-4)24-19-17-15-13-11-9-10-12-14-16-18-20-30/h30H,5-20H2,1-4H3,(H,24,25,26,27). The van der Waals surface area contributed by atoms with E-state index < -0.39 is 0 Å². The van der Waals surface area contributed by atoms with E-state index in [0.717, 1.165) is 57.5 Å². The highest BCUT2D eigenvalue weighted by atomic mass is 16.2. The molecule has 0 radical (unpaired) electrons. The highest BCUT2D eigenvalue weighted by Crippen LogP contribution is 2.17. The maximum atomic E-state index is 8.78. The predicted octanol–water partition coefficient (Wildman–Crippen LogP) is 4.87. The molecule has 7 heteroatoms. The van der Waals surface area contributed by atoms with Crippen molar-refractivity contribution in [2.75, 3.05) is 54.4 Å². The van der Waals surface area contributed by atoms with Gasteiger partial charge in [0.05, 0.1) is 0 Å². The van der Waals surface area contributed by atoms with Gasteiger partial charge in [0.15, 0.2) is 0 Å². The first-order valence-electron chi connectivity index (χ1n) is 12.3. The molecule has 0 spiro atoms. The fourth-order valence-corrected chi connectivity index (χ4v) is 3.58. The number of aliphatic hydroxyl groups is 1. The molecule has 0 bridgehead atoms. The zero-order chi connectivity index (χ0) is 22.0. The van der Waals surface area contributed by atoms with E-state index in [4.69, 9.17) is 10.1 Å². The smallest absolute Gasteiger partial charge is 0.231 e. The largest absolute Gasteiger partial charge is 0.396 e. The topological polar surface area (TPSA) is 77.4 Å². The Kier molecular flexibility index (Phi) is 15.0. The Bertz CT molecular complexity index is 504. The molecule has 0 aromatic carbocycles. The summed E-state index contributed by atoms with van der Waals surface area (Å²) in [6.45, 7) is 13.3. The van der Waals surface area contributed by atoms with Crippen molar-refractivity contribution in [3.05, 3.63) is 0 Å². The van der Waals surface area contributed by atoms with Crippen LogP contribution in [-0.4, -0.2) is 59.4 Å². The third-order valence-corrected chi connectivity index (χ3v) is 5.57. The number of anilines is 3. The number of rotatable bonds is 19. The number of nitrogens with zero attached hydrogens (tertiary/aromatic N) is 5. The molecule has 30 heavy (non-hydrogen) atoms. The molecule has 0 aliphatic rings. The quantitative estimate of drug-likeness (QED) is 0.308. The molecule has 0 fully saturated rings. The van der Waals surface area contributed by atoms with Gasteiger partial charge in [0, 0.05) is 39.3 Å². The van der Waals surface area contributed by atoms with Crippen molar-refractivity contribution in [2.45, 2.75) is 91.9 Å². The molecular formula is C23H46N6O. The first kappa shape index (κ1) is 26.4. The summed E-state index contributed by atoms with van der Waals surface area (Å²) in [5.74, 6) is 2.22. The van der Waals surface area contributed by atoms with Crippen molar-refractivity contribution < 1.29 is 5.11 Å². The molecule has 0 saturated heterocycles. The molecule has 2 N–H and O–H groups in total. The molecule has 0 atom stereocenters. The van der Waals surface area contributed by atoms with Crippen LogP contribution in [0.1, 0.15) is 91.9 Å². The lowest BCUT2D eigenvalue weighted by Crippen LogP contribution is -2.29. The summed E-state index contributed by atoms with van der Waals surface area (Å²) >= 11 is 0. The van der Waals surface area contributed by atoms with Gasteiger partial charge < -0.3 is 20.2 Å². The molecule has 0 unspecified atom stereocenters. The SMILES string of the molecule is CCN(CC)c1nc(NCCCCCCCCCCCCO)nc(N(CC)CC)n1. The van der Waals surface area contributed by atoms with Crippen molar-refractivity contribution >= 4 is 17.8 Å². The summed E-state index contributed by atoms with van der Waals surface area (Å²) in [5, 5.41) is 12.2. The Labute approximate surface area is 184 Å². The van der Waals surface area contributed by atoms with Gasteiger partial charge in [-0.05, 0) is 40.5 Å². The van der Waals surface area contributed by atoms with Gasteiger partial charge in [0.25, 0.3) is 0 Å². The summed E-state index contributed by atoms with van der Waals surface area (Å²) in [4.78, 5) is 18.4. The summed E-state index contributed by atoms with van der Waals surface area (Å²) in [6, 6.07) is 0. The van der Waals surface area contributed by atoms with Crippen LogP contribution in [0.25, 0.3) is 0 Å². The third kappa shape index (κ3) is 10.4. The number of hydrogen-bond donors (Lipinski definition) is 2. The van der Waals surface area contributed by atoms with Crippen LogP contribution >= 0.6 is 0 Å². The fourth-order valence-electron chi connectivity index (χ4n) is 3.58. The van der Waals surface area contributed by atoms with Gasteiger partial charge in [-0.15, -0.1) is 0 Å². The molecule has 1 aromatic heterocycles. The van der Waals surface area contributed by atoms with E-state index in [0.29, 0.717) is 12.6 Å². The number of hydrogen-bond acceptors (Lipinski definition) is 7. The lowest BCUT2D eigenvalue weighted by Gasteiger charge is -2.23. The molecule has 0 saturated carbocycles. The molecule has 1 heterocycles. The van der Waals surface area contributed by atoms with E-state index in [2.05, 4.69) is 52.8 Å². The lowest BCUT2D eigenvalue weighted by atomic mass is 10.1. The first-order valence-corrected chi connectivity index (χ1v) is 12.3. The van der Waals surface area contributed by atoms with Gasteiger partial charge in [-0.25, -0.2) is 0 Å². The van der Waals surface area contributed by atoms with Crippen LogP contribution in [0.2, 0.25) is 0 Å². The Morgan fingerprint density at radius 3 is 1.40 bits per heavy atom. The first-order chi connectivity index (χ1) is 14.7. The second kappa shape index (κ2) is 17.1. The second-order valence-corrected chi connectivity index (χ2v) is 7.79. The Hall–Kier alpha value is -1.63. The minimum absolute atomic E-state index is 0.339. The second-order valence-electron chi connectivity index (χ2n) is 7.79. The van der Waals surface area contributed by atoms with E-state index in [-0.39, 0.29) is 0 Å². The Morgan fingerprint density at radius 2 is 1.00 bits per heavy atom. The maximum absolute atomic E-state index is 8.78. The van der Waals surface area contributed by atoms with Gasteiger partial charge in [-0.3, -0.25) is 0 Å². The average Bonchev–Trinajstić information content (AvgIpc) is 2.76. The maximum Gasteiger partial charge on any atom is 0.231 e. The van der Waals surface area contributed by atoms with Gasteiger partial charge in [0.1, 0.15) is 0 Å². The predicted molar refractivity (Wildman–Crippen MR) is 129 cm³/mol. The van der Waals surface area contributed by atoms with Crippen LogP contribution in [0.5, 0.6) is 0 Å². The van der Waals surface area contributed by atoms with Crippen LogP contribution in [0.4, 0.5) is 17.8 Å². The van der Waals surface area contributed by atoms with Crippen molar-refractivity contribution in [1.29, 1.82) is 0 Å². The molecule has 0 aliphatic heterocycles. The molecule has 0 aliphatic carbocycles. The monoisotopic (exact) mass is 422 g/mol. The van der Waals surface area contributed by atoms with E-state index in [1.165, 1.54) is 51.4 Å². The van der Waals surface area contributed by atoms with Crippen LogP contribution in [-0.2, 0) is 0 Å². The number of aliphatic hydroxyl groups excluding tert-OH is 1. The fraction of sp³-hybridized carbons (Fsp3) is 0.870. The van der Waals surface area contributed by atoms with Crippen LogP contribution < -0.4 is 15.1 Å². The number of aromatic nitrogens is 3. The zero-order valence-electron chi connectivity index (χ0n) is 20.0. The summed E-state index contributed by atoms with van der Waals surface area (Å²) in [6.07, 6.45) is 12.4. The van der Waals surface area contributed by atoms with Crippen molar-refractivity contribution in [2.24, 2.45) is 0 Å². The number of unbranched alkanes of at least 4 members (excludes halogenated alkanes) is 9. The summed E-state index contributed by atoms with van der Waals surface area (Å²) in [5.41, 5.74) is 0. The van der Waals surface area contributed by atoms with Crippen molar-refractivity contribution in [3.63, 3.8) is 0 Å². The normalized spacial score (nSPS) is 11.0. The van der Waals surface area contributed by atoms with E-state index >= 15 is 0 Å². The van der Waals surface area contributed by atoms with E-state index in [1.807, 2.05) is 0 Å². The number of nitrogens with one attached hydrogen (secondary N) is 1. The molecule has 0 amide bonds. The molecular weight excluding hydrogens is 376 g/mol. The van der Waals surface area contributed by atoms with Gasteiger partial charge in [-0.2, -0.15) is 15.0 Å². The van der Waals surface area contributed by atoms with E-state index in [9.17, 15) is 0 Å². The van der Waals surface area contributed by atoms with Crippen LogP contribution in [0, 0.1) is 0 Å². The zero-order valence-corrected chi connectivity index (χ0v) is 20.0. The van der Waals surface area contributed by atoms with Crippen molar-refractivity contribution in [3.8, 4) is 0 Å². The van der Waals surface area contributed by atoms with E-state index in [1.54, 1.807) is 0 Å². The Balaban J connectivity index is 2.38. The average molecular weight is 423 g/mol. The highest BCUT2D eigenvalue weighted by molar-refractivity contribution is 5.45. The molecule has 7 nitrogen and oxygen atoms in total. The van der Waals surface area contributed by atoms with Crippen LogP contribution in [0.3, 0.4) is 0 Å². The highest BCUT2D eigenvalue weighted by Gasteiger charge is 2.14. The van der Waals surface area contributed by atoms with Crippen molar-refractivity contribution in [1.82, 2.24) is 15.0 Å². The lowest BCUT2D eigenvalue weighted by molar-refractivity contribution is 0.282. The minimum atomic E-state index is 0.339. The van der Waals surface area contributed by atoms with Crippen LogP contribution in [0.15, 0.2) is 0 Å². The summed E-state index contributed by atoms with van der Waals surface area (Å²) in [7, 11) is 0. The van der Waals surface area contributed by atoms with Gasteiger partial charge >= 0.3 is 0 Å².